The number of oxime groups is 1. The molecular formula is C23H38N2O. The van der Waals surface area contributed by atoms with Gasteiger partial charge in [-0.1, -0.05) is 31.5 Å². The average molecular weight is 359 g/mol. The minimum absolute atomic E-state index is 0.409. The zero-order chi connectivity index (χ0) is 18.4. The lowest BCUT2D eigenvalue weighted by Gasteiger charge is -2.58. The van der Waals surface area contributed by atoms with E-state index in [1.54, 1.807) is 5.57 Å². The van der Waals surface area contributed by atoms with Crippen LogP contribution in [0.5, 0.6) is 0 Å². The molecule has 4 aliphatic rings. The standard InChI is InChI=1S/C23H38N2O/c1-16-5-8-20-19-7-6-17-15-18(25-26-14-4-13-24)9-11-23(17,3)21(19)10-12-22(16,20)2/h15-16,19-21H,4-14,24H2,1-3H3/t16-,19?,20?,21?,22-,23+/m1/s1. The molecule has 2 N–H and O–H groups in total. The van der Waals surface area contributed by atoms with Crippen molar-refractivity contribution in [2.45, 2.75) is 78.6 Å². The first-order valence-corrected chi connectivity index (χ1v) is 11.1. The molecule has 4 rings (SSSR count). The summed E-state index contributed by atoms with van der Waals surface area (Å²) in [5.74, 6) is 3.75. The third-order valence-electron chi connectivity index (χ3n) is 9.07. The van der Waals surface area contributed by atoms with Crippen molar-refractivity contribution in [1.82, 2.24) is 0 Å². The van der Waals surface area contributed by atoms with Crippen LogP contribution in [0.1, 0.15) is 78.6 Å². The molecule has 0 spiro atoms. The minimum Gasteiger partial charge on any atom is -0.396 e. The molecular weight excluding hydrogens is 320 g/mol. The van der Waals surface area contributed by atoms with Crippen LogP contribution in [-0.2, 0) is 4.84 Å². The van der Waals surface area contributed by atoms with E-state index in [1.165, 1.54) is 44.9 Å². The van der Waals surface area contributed by atoms with Crippen molar-refractivity contribution < 1.29 is 4.84 Å². The molecule has 0 heterocycles. The third kappa shape index (κ3) is 2.85. The van der Waals surface area contributed by atoms with Gasteiger partial charge in [0.15, 0.2) is 0 Å². The maximum Gasteiger partial charge on any atom is 0.118 e. The summed E-state index contributed by atoms with van der Waals surface area (Å²) in [7, 11) is 0. The second kappa shape index (κ2) is 6.96. The van der Waals surface area contributed by atoms with Crippen LogP contribution in [0.2, 0.25) is 0 Å². The van der Waals surface area contributed by atoms with Crippen LogP contribution in [0.15, 0.2) is 16.8 Å². The lowest BCUT2D eigenvalue weighted by atomic mass is 9.47. The molecule has 0 radical (unpaired) electrons. The van der Waals surface area contributed by atoms with Crippen molar-refractivity contribution in [3.05, 3.63) is 11.6 Å². The van der Waals surface area contributed by atoms with Gasteiger partial charge in [0.1, 0.15) is 6.61 Å². The van der Waals surface area contributed by atoms with Crippen molar-refractivity contribution in [2.24, 2.45) is 45.4 Å². The maximum absolute atomic E-state index is 5.53. The van der Waals surface area contributed by atoms with Crippen LogP contribution in [0.3, 0.4) is 0 Å². The van der Waals surface area contributed by atoms with E-state index in [9.17, 15) is 0 Å². The number of nitrogens with two attached hydrogens (primary N) is 1. The number of fused-ring (bicyclic) bond motifs is 5. The molecule has 146 valence electrons. The Labute approximate surface area is 159 Å². The van der Waals surface area contributed by atoms with Crippen LogP contribution < -0.4 is 5.73 Å². The highest BCUT2D eigenvalue weighted by atomic mass is 16.6. The number of nitrogens with zero attached hydrogens (tertiary/aromatic N) is 1. The molecule has 0 bridgehead atoms. The second-order valence-corrected chi connectivity index (χ2v) is 10.1. The largest absolute Gasteiger partial charge is 0.396 e. The summed E-state index contributed by atoms with van der Waals surface area (Å²) in [6.07, 6.45) is 14.1. The molecule has 0 aliphatic heterocycles. The van der Waals surface area contributed by atoms with E-state index in [4.69, 9.17) is 10.6 Å². The van der Waals surface area contributed by atoms with Crippen LogP contribution in [-0.4, -0.2) is 18.9 Å². The van der Waals surface area contributed by atoms with E-state index in [-0.39, 0.29) is 0 Å². The van der Waals surface area contributed by atoms with Gasteiger partial charge in [-0.2, -0.15) is 0 Å². The molecule has 4 aliphatic carbocycles. The Bertz CT molecular complexity index is 597. The molecule has 26 heavy (non-hydrogen) atoms. The molecule has 3 nitrogen and oxygen atoms in total. The van der Waals surface area contributed by atoms with E-state index in [2.05, 4.69) is 32.0 Å². The van der Waals surface area contributed by atoms with Gasteiger partial charge in [-0.3, -0.25) is 0 Å². The second-order valence-electron chi connectivity index (χ2n) is 10.1. The van der Waals surface area contributed by atoms with Crippen molar-refractivity contribution >= 4 is 5.71 Å². The normalized spacial score (nSPS) is 46.3. The molecule has 0 amide bonds. The van der Waals surface area contributed by atoms with E-state index < -0.39 is 0 Å². The van der Waals surface area contributed by atoms with Crippen LogP contribution >= 0.6 is 0 Å². The van der Waals surface area contributed by atoms with Gasteiger partial charge in [-0.05, 0) is 105 Å². The molecule has 3 saturated carbocycles. The van der Waals surface area contributed by atoms with E-state index >= 15 is 0 Å². The van der Waals surface area contributed by atoms with Gasteiger partial charge >= 0.3 is 0 Å². The fraction of sp³-hybridized carbons (Fsp3) is 0.870. The predicted octanol–water partition coefficient (Wildman–Crippen LogP) is 5.31. The smallest absolute Gasteiger partial charge is 0.118 e. The number of allylic oxidation sites excluding steroid dienone is 2. The summed E-state index contributed by atoms with van der Waals surface area (Å²) in [6, 6.07) is 0. The monoisotopic (exact) mass is 358 g/mol. The van der Waals surface area contributed by atoms with Gasteiger partial charge in [0.25, 0.3) is 0 Å². The molecule has 0 saturated heterocycles. The van der Waals surface area contributed by atoms with Crippen LogP contribution in [0.25, 0.3) is 0 Å². The molecule has 3 heteroatoms. The molecule has 0 aromatic rings. The number of hydrogen-bond acceptors (Lipinski definition) is 3. The minimum atomic E-state index is 0.409. The number of hydrogen-bond donors (Lipinski definition) is 1. The maximum atomic E-state index is 5.53. The Morgan fingerprint density at radius 2 is 1.96 bits per heavy atom. The summed E-state index contributed by atoms with van der Waals surface area (Å²) in [5.41, 5.74) is 9.38. The van der Waals surface area contributed by atoms with Crippen LogP contribution in [0, 0.1) is 34.5 Å². The summed E-state index contributed by atoms with van der Waals surface area (Å²) >= 11 is 0. The summed E-state index contributed by atoms with van der Waals surface area (Å²) < 4.78 is 0. The highest BCUT2D eigenvalue weighted by Gasteiger charge is 2.57. The van der Waals surface area contributed by atoms with Gasteiger partial charge in [0.2, 0.25) is 0 Å². The molecule has 3 fully saturated rings. The van der Waals surface area contributed by atoms with Crippen molar-refractivity contribution in [3.63, 3.8) is 0 Å². The Kier molecular flexibility index (Phi) is 4.96. The van der Waals surface area contributed by atoms with Crippen molar-refractivity contribution in [1.29, 1.82) is 0 Å². The van der Waals surface area contributed by atoms with Gasteiger partial charge < -0.3 is 10.6 Å². The fourth-order valence-corrected chi connectivity index (χ4v) is 7.18. The van der Waals surface area contributed by atoms with Gasteiger partial charge in [-0.25, -0.2) is 0 Å². The van der Waals surface area contributed by atoms with E-state index in [0.29, 0.717) is 24.0 Å². The van der Waals surface area contributed by atoms with E-state index in [0.717, 1.165) is 42.2 Å². The SMILES string of the molecule is C[C@@H]1CCC2C3CCC4=CC(=NOCCCN)CC[C@]4(C)C3CC[C@@]21C. The van der Waals surface area contributed by atoms with Crippen LogP contribution in [0.4, 0.5) is 0 Å². The Morgan fingerprint density at radius 3 is 2.77 bits per heavy atom. The molecule has 6 atom stereocenters. The van der Waals surface area contributed by atoms with Gasteiger partial charge in [0.05, 0.1) is 5.71 Å². The fourth-order valence-electron chi connectivity index (χ4n) is 7.18. The highest BCUT2D eigenvalue weighted by Crippen LogP contribution is 2.66. The summed E-state index contributed by atoms with van der Waals surface area (Å²) in [4.78, 5) is 5.48. The van der Waals surface area contributed by atoms with Crippen molar-refractivity contribution in [3.8, 4) is 0 Å². The quantitative estimate of drug-likeness (QED) is 0.547. The zero-order valence-corrected chi connectivity index (χ0v) is 17.1. The first-order chi connectivity index (χ1) is 12.5. The summed E-state index contributed by atoms with van der Waals surface area (Å²) in [5, 5.41) is 4.41. The summed E-state index contributed by atoms with van der Waals surface area (Å²) in [6.45, 7) is 9.02. The Morgan fingerprint density at radius 1 is 1.12 bits per heavy atom. The predicted molar refractivity (Wildman–Crippen MR) is 108 cm³/mol. The average Bonchev–Trinajstić information content (AvgIpc) is 2.94. The zero-order valence-electron chi connectivity index (χ0n) is 17.1. The first kappa shape index (κ1) is 18.5. The Hall–Kier alpha value is -0.830. The Balaban J connectivity index is 1.52. The lowest BCUT2D eigenvalue weighted by Crippen LogP contribution is -2.50. The highest BCUT2D eigenvalue weighted by molar-refractivity contribution is 5.96. The molecule has 0 aromatic carbocycles. The first-order valence-electron chi connectivity index (χ1n) is 11.1. The van der Waals surface area contributed by atoms with Gasteiger partial charge in [0, 0.05) is 0 Å². The topological polar surface area (TPSA) is 47.6 Å². The third-order valence-corrected chi connectivity index (χ3v) is 9.07. The molecule has 0 aromatic heterocycles. The molecule has 3 unspecified atom stereocenters. The lowest BCUT2D eigenvalue weighted by molar-refractivity contribution is -0.0465. The van der Waals surface area contributed by atoms with Crippen molar-refractivity contribution in [2.75, 3.05) is 13.2 Å². The van der Waals surface area contributed by atoms with Gasteiger partial charge in [-0.15, -0.1) is 0 Å². The number of rotatable bonds is 4. The van der Waals surface area contributed by atoms with E-state index in [1.807, 2.05) is 0 Å².